The topological polar surface area (TPSA) is 21.3 Å². The molecule has 0 atom stereocenters. The average Bonchev–Trinajstić information content (AvgIpc) is 2.27. The van der Waals surface area contributed by atoms with Crippen LogP contribution in [-0.4, -0.2) is 12.1 Å². The molecule has 0 unspecified atom stereocenters. The van der Waals surface area contributed by atoms with Crippen molar-refractivity contribution in [2.45, 2.75) is 44.8 Å². The summed E-state index contributed by atoms with van der Waals surface area (Å²) >= 11 is 0. The van der Waals surface area contributed by atoms with Gasteiger partial charge in [0, 0.05) is 6.54 Å². The van der Waals surface area contributed by atoms with Gasteiger partial charge >= 0.3 is 0 Å². The van der Waals surface area contributed by atoms with E-state index in [9.17, 15) is 0 Å². The van der Waals surface area contributed by atoms with Crippen LogP contribution in [0.4, 0.5) is 0 Å². The van der Waals surface area contributed by atoms with Gasteiger partial charge in [-0.1, -0.05) is 12.1 Å². The lowest BCUT2D eigenvalue weighted by molar-refractivity contribution is 0.0103. The second kappa shape index (κ2) is 3.77. The molecule has 16 heavy (non-hydrogen) atoms. The predicted octanol–water partition coefficient (Wildman–Crippen LogP) is 2.65. The molecule has 1 N–H and O–H groups in total. The van der Waals surface area contributed by atoms with Crippen molar-refractivity contribution >= 4 is 0 Å². The Morgan fingerprint density at radius 2 is 2.19 bits per heavy atom. The molecule has 1 aliphatic heterocycles. The van der Waals surface area contributed by atoms with E-state index in [1.807, 2.05) is 0 Å². The molecule has 86 valence electrons. The van der Waals surface area contributed by atoms with Gasteiger partial charge in [0.2, 0.25) is 0 Å². The number of nitrogens with one attached hydrogen (secondary N) is 1. The smallest absolute Gasteiger partial charge is 0.123 e. The first-order valence-electron chi connectivity index (χ1n) is 6.27. The number of fused-ring (bicyclic) bond motifs is 1. The van der Waals surface area contributed by atoms with Crippen molar-refractivity contribution in [2.24, 2.45) is 0 Å². The monoisotopic (exact) mass is 217 g/mol. The summed E-state index contributed by atoms with van der Waals surface area (Å²) in [7, 11) is 0. The van der Waals surface area contributed by atoms with Gasteiger partial charge < -0.3 is 10.1 Å². The molecule has 1 aromatic rings. The van der Waals surface area contributed by atoms with Crippen molar-refractivity contribution in [3.05, 3.63) is 29.3 Å². The van der Waals surface area contributed by atoms with Gasteiger partial charge in [-0.2, -0.15) is 0 Å². The number of hydrogen-bond acceptors (Lipinski definition) is 2. The second-order valence-electron chi connectivity index (χ2n) is 5.23. The minimum Gasteiger partial charge on any atom is -0.487 e. The number of ether oxygens (including phenoxy) is 1. The molecule has 1 aliphatic carbocycles. The van der Waals surface area contributed by atoms with E-state index < -0.39 is 0 Å². The summed E-state index contributed by atoms with van der Waals surface area (Å²) in [6, 6.07) is 6.45. The number of rotatable bonds is 2. The Balaban J connectivity index is 1.88. The van der Waals surface area contributed by atoms with Gasteiger partial charge in [-0.25, -0.2) is 0 Å². The summed E-state index contributed by atoms with van der Waals surface area (Å²) in [5, 5.41) is 3.40. The number of benzene rings is 1. The maximum Gasteiger partial charge on any atom is 0.123 e. The molecule has 0 aromatic heterocycles. The summed E-state index contributed by atoms with van der Waals surface area (Å²) in [6.45, 7) is 4.30. The maximum absolute atomic E-state index is 6.21. The zero-order valence-electron chi connectivity index (χ0n) is 9.88. The van der Waals surface area contributed by atoms with Gasteiger partial charge in [0.05, 0.1) is 0 Å². The van der Waals surface area contributed by atoms with Gasteiger partial charge in [-0.15, -0.1) is 0 Å². The fraction of sp³-hybridized carbons (Fsp3) is 0.571. The van der Waals surface area contributed by atoms with Crippen LogP contribution in [0, 0.1) is 0 Å². The number of hydrogen-bond donors (Lipinski definition) is 1. The lowest BCUT2D eigenvalue weighted by atomic mass is 9.81. The molecule has 1 aromatic carbocycles. The molecule has 0 spiro atoms. The van der Waals surface area contributed by atoms with Crippen LogP contribution in [0.5, 0.6) is 5.75 Å². The first-order chi connectivity index (χ1) is 7.77. The lowest BCUT2D eigenvalue weighted by Gasteiger charge is -2.39. The van der Waals surface area contributed by atoms with E-state index >= 15 is 0 Å². The molecule has 2 nitrogen and oxygen atoms in total. The van der Waals surface area contributed by atoms with E-state index in [0.717, 1.165) is 25.3 Å². The Hall–Kier alpha value is -1.02. The average molecular weight is 217 g/mol. The molecule has 0 radical (unpaired) electrons. The Labute approximate surface area is 97.0 Å². The van der Waals surface area contributed by atoms with Crippen LogP contribution < -0.4 is 10.1 Å². The second-order valence-corrected chi connectivity index (χ2v) is 5.23. The summed E-state index contributed by atoms with van der Waals surface area (Å²) in [6.07, 6.45) is 4.82. The van der Waals surface area contributed by atoms with E-state index in [0.29, 0.717) is 0 Å². The Morgan fingerprint density at radius 3 is 2.94 bits per heavy atom. The van der Waals surface area contributed by atoms with E-state index in [-0.39, 0.29) is 5.60 Å². The first kappa shape index (κ1) is 10.2. The van der Waals surface area contributed by atoms with E-state index in [4.69, 9.17) is 4.74 Å². The van der Waals surface area contributed by atoms with E-state index in [1.54, 1.807) is 0 Å². The van der Waals surface area contributed by atoms with Crippen LogP contribution in [0.2, 0.25) is 0 Å². The third kappa shape index (κ3) is 1.71. The van der Waals surface area contributed by atoms with Crippen LogP contribution >= 0.6 is 0 Å². The quantitative estimate of drug-likeness (QED) is 0.822. The highest BCUT2D eigenvalue weighted by molar-refractivity contribution is 5.42. The van der Waals surface area contributed by atoms with Crippen molar-refractivity contribution < 1.29 is 4.74 Å². The molecule has 3 rings (SSSR count). The molecule has 1 heterocycles. The Kier molecular flexibility index (Phi) is 2.40. The van der Waals surface area contributed by atoms with Gasteiger partial charge in [-0.3, -0.25) is 0 Å². The summed E-state index contributed by atoms with van der Waals surface area (Å²) in [5.41, 5.74) is 2.95. The third-order valence-corrected chi connectivity index (χ3v) is 3.86. The highest BCUT2D eigenvalue weighted by Gasteiger charge is 2.34. The van der Waals surface area contributed by atoms with Crippen LogP contribution in [0.3, 0.4) is 0 Å². The summed E-state index contributed by atoms with van der Waals surface area (Å²) < 4.78 is 6.21. The van der Waals surface area contributed by atoms with Gasteiger partial charge in [0.25, 0.3) is 0 Å². The molecule has 0 amide bonds. The lowest BCUT2D eigenvalue weighted by Crippen LogP contribution is -2.40. The highest BCUT2D eigenvalue weighted by Crippen LogP contribution is 2.38. The fourth-order valence-electron chi connectivity index (χ4n) is 2.63. The third-order valence-electron chi connectivity index (χ3n) is 3.86. The van der Waals surface area contributed by atoms with Crippen LogP contribution in [-0.2, 0) is 13.0 Å². The van der Waals surface area contributed by atoms with Crippen LogP contribution in [0.1, 0.15) is 37.3 Å². The Bertz CT molecular complexity index is 396. The van der Waals surface area contributed by atoms with Crippen molar-refractivity contribution in [2.75, 3.05) is 6.54 Å². The highest BCUT2D eigenvalue weighted by atomic mass is 16.5. The van der Waals surface area contributed by atoms with Crippen LogP contribution in [0.25, 0.3) is 0 Å². The van der Waals surface area contributed by atoms with E-state index in [1.165, 1.54) is 30.4 Å². The molecule has 0 saturated heterocycles. The summed E-state index contributed by atoms with van der Waals surface area (Å²) in [5.74, 6) is 1.13. The molecule has 0 bridgehead atoms. The van der Waals surface area contributed by atoms with Gasteiger partial charge in [-0.05, 0) is 56.3 Å². The molecule has 2 heteroatoms. The first-order valence-corrected chi connectivity index (χ1v) is 6.27. The normalized spacial score (nSPS) is 22.1. The SMILES string of the molecule is CC1(Oc2cccc3c2CCNC3)CCC1. The zero-order valence-corrected chi connectivity index (χ0v) is 9.88. The standard InChI is InChI=1S/C14H19NO/c1-14(7-3-8-14)16-13-5-2-4-11-10-15-9-6-12(11)13/h2,4-5,15H,3,6-10H2,1H3. The van der Waals surface area contributed by atoms with Crippen molar-refractivity contribution in [3.8, 4) is 5.75 Å². The molecular weight excluding hydrogens is 198 g/mol. The van der Waals surface area contributed by atoms with Crippen molar-refractivity contribution in [3.63, 3.8) is 0 Å². The summed E-state index contributed by atoms with van der Waals surface area (Å²) in [4.78, 5) is 0. The molecular formula is C14H19NO. The van der Waals surface area contributed by atoms with E-state index in [2.05, 4.69) is 30.4 Å². The molecule has 2 aliphatic rings. The predicted molar refractivity (Wildman–Crippen MR) is 64.7 cm³/mol. The van der Waals surface area contributed by atoms with Gasteiger partial charge in [0.15, 0.2) is 0 Å². The fourth-order valence-corrected chi connectivity index (χ4v) is 2.63. The van der Waals surface area contributed by atoms with Gasteiger partial charge in [0.1, 0.15) is 11.4 Å². The minimum atomic E-state index is 0.111. The molecule has 1 fully saturated rings. The molecule has 1 saturated carbocycles. The van der Waals surface area contributed by atoms with Crippen molar-refractivity contribution in [1.82, 2.24) is 5.32 Å². The largest absolute Gasteiger partial charge is 0.487 e. The van der Waals surface area contributed by atoms with Crippen LogP contribution in [0.15, 0.2) is 18.2 Å². The van der Waals surface area contributed by atoms with Crippen molar-refractivity contribution in [1.29, 1.82) is 0 Å². The maximum atomic E-state index is 6.21. The Morgan fingerprint density at radius 1 is 1.31 bits per heavy atom. The zero-order chi connectivity index (χ0) is 11.0. The minimum absolute atomic E-state index is 0.111.